The van der Waals surface area contributed by atoms with E-state index in [4.69, 9.17) is 9.47 Å². The molecule has 0 unspecified atom stereocenters. The summed E-state index contributed by atoms with van der Waals surface area (Å²) in [6.45, 7) is 13.1. The van der Waals surface area contributed by atoms with Crippen molar-refractivity contribution in [3.05, 3.63) is 11.1 Å². The van der Waals surface area contributed by atoms with Gasteiger partial charge in [0, 0.05) is 11.1 Å². The van der Waals surface area contributed by atoms with Gasteiger partial charge in [-0.25, -0.2) is 9.59 Å². The highest BCUT2D eigenvalue weighted by Crippen LogP contribution is 2.27. The lowest BCUT2D eigenvalue weighted by Crippen LogP contribution is -2.20. The van der Waals surface area contributed by atoms with Gasteiger partial charge in [-0.2, -0.15) is 0 Å². The first kappa shape index (κ1) is 28.7. The summed E-state index contributed by atoms with van der Waals surface area (Å²) >= 11 is 0. The van der Waals surface area contributed by atoms with Gasteiger partial charge in [0.2, 0.25) is 0 Å². The normalized spacial score (nSPS) is 12.5. The van der Waals surface area contributed by atoms with E-state index < -0.39 is 0 Å². The Morgan fingerprint density at radius 1 is 0.633 bits per heavy atom. The van der Waals surface area contributed by atoms with Crippen LogP contribution in [0.25, 0.3) is 0 Å². The highest BCUT2D eigenvalue weighted by atomic mass is 16.5. The zero-order chi connectivity index (χ0) is 22.8. The molecule has 0 radical (unpaired) electrons. The van der Waals surface area contributed by atoms with E-state index in [-0.39, 0.29) is 17.4 Å². The van der Waals surface area contributed by atoms with E-state index in [0.717, 1.165) is 25.7 Å². The van der Waals surface area contributed by atoms with Gasteiger partial charge in [-0.3, -0.25) is 0 Å². The minimum Gasteiger partial charge on any atom is -0.462 e. The Hall–Kier alpha value is -1.32. The first-order chi connectivity index (χ1) is 14.2. The zero-order valence-corrected chi connectivity index (χ0v) is 20.7. The Morgan fingerprint density at radius 2 is 1.03 bits per heavy atom. The number of ether oxygens (including phenoxy) is 2. The van der Waals surface area contributed by atoms with Crippen molar-refractivity contribution in [2.75, 3.05) is 13.2 Å². The number of unbranched alkanes of at least 4 members (excludes halogenated alkanes) is 10. The molecular formula is C26H48O4. The predicted molar refractivity (Wildman–Crippen MR) is 125 cm³/mol. The standard InChI is InChI=1S/C26H48O4/c1-7-9-11-13-15-17-19-29-24(27)22(3)23(21-26(4,5)6)25(28)30-20-18-16-14-12-10-8-2/h7-21H2,1-6H3/b23-22-. The number of carbonyl (C=O) groups is 2. The van der Waals surface area contributed by atoms with Crippen LogP contribution in [0.5, 0.6) is 0 Å². The summed E-state index contributed by atoms with van der Waals surface area (Å²) in [6, 6.07) is 0. The van der Waals surface area contributed by atoms with Gasteiger partial charge in [0.25, 0.3) is 0 Å². The molecule has 0 heterocycles. The summed E-state index contributed by atoms with van der Waals surface area (Å²) in [6.07, 6.45) is 14.2. The fourth-order valence-corrected chi connectivity index (χ4v) is 3.30. The Balaban J connectivity index is 4.61. The highest BCUT2D eigenvalue weighted by Gasteiger charge is 2.25. The molecule has 0 aromatic carbocycles. The fourth-order valence-electron chi connectivity index (χ4n) is 3.30. The number of esters is 2. The molecule has 0 aliphatic heterocycles. The lowest BCUT2D eigenvalue weighted by atomic mass is 9.86. The second-order valence-corrected chi connectivity index (χ2v) is 9.65. The molecule has 0 aliphatic rings. The van der Waals surface area contributed by atoms with Gasteiger partial charge < -0.3 is 9.47 Å². The first-order valence-corrected chi connectivity index (χ1v) is 12.3. The molecule has 0 rings (SSSR count). The van der Waals surface area contributed by atoms with E-state index >= 15 is 0 Å². The average molecular weight is 425 g/mol. The van der Waals surface area contributed by atoms with Gasteiger partial charge in [0.05, 0.1) is 13.2 Å². The Bertz CT molecular complexity index is 500. The number of hydrogen-bond donors (Lipinski definition) is 0. The number of rotatable bonds is 17. The van der Waals surface area contributed by atoms with E-state index in [1.165, 1.54) is 51.4 Å². The minimum atomic E-state index is -0.390. The van der Waals surface area contributed by atoms with Crippen LogP contribution in [0.2, 0.25) is 0 Å². The predicted octanol–water partition coefficient (Wildman–Crippen LogP) is 7.55. The smallest absolute Gasteiger partial charge is 0.334 e. The quantitative estimate of drug-likeness (QED) is 0.137. The lowest BCUT2D eigenvalue weighted by Gasteiger charge is -2.21. The summed E-state index contributed by atoms with van der Waals surface area (Å²) in [5, 5.41) is 0. The van der Waals surface area contributed by atoms with Gasteiger partial charge in [0.15, 0.2) is 0 Å². The van der Waals surface area contributed by atoms with Crippen LogP contribution in [0.15, 0.2) is 11.1 Å². The third kappa shape index (κ3) is 15.5. The van der Waals surface area contributed by atoms with Crippen molar-refractivity contribution in [3.8, 4) is 0 Å². The van der Waals surface area contributed by atoms with Crippen molar-refractivity contribution in [1.82, 2.24) is 0 Å². The molecule has 0 saturated carbocycles. The van der Waals surface area contributed by atoms with E-state index in [1.807, 2.05) is 0 Å². The number of hydrogen-bond acceptors (Lipinski definition) is 4. The molecule has 0 spiro atoms. The minimum absolute atomic E-state index is 0.116. The van der Waals surface area contributed by atoms with Crippen LogP contribution in [0.1, 0.15) is 125 Å². The molecule has 0 saturated heterocycles. The zero-order valence-electron chi connectivity index (χ0n) is 20.7. The number of carbonyl (C=O) groups excluding carboxylic acids is 2. The van der Waals surface area contributed by atoms with Gasteiger partial charge in [0.1, 0.15) is 0 Å². The largest absolute Gasteiger partial charge is 0.462 e. The maximum atomic E-state index is 12.7. The van der Waals surface area contributed by atoms with Crippen molar-refractivity contribution < 1.29 is 19.1 Å². The molecule has 4 nitrogen and oxygen atoms in total. The monoisotopic (exact) mass is 424 g/mol. The topological polar surface area (TPSA) is 52.6 Å². The molecule has 0 aromatic heterocycles. The van der Waals surface area contributed by atoms with Crippen LogP contribution in [0, 0.1) is 5.41 Å². The molecule has 4 heteroatoms. The van der Waals surface area contributed by atoms with Crippen LogP contribution in [0.3, 0.4) is 0 Å². The van der Waals surface area contributed by atoms with Crippen molar-refractivity contribution in [2.45, 2.75) is 125 Å². The Kier molecular flexibility index (Phi) is 16.6. The summed E-state index contributed by atoms with van der Waals surface area (Å²) in [5.41, 5.74) is 0.736. The van der Waals surface area contributed by atoms with Crippen molar-refractivity contribution in [2.24, 2.45) is 5.41 Å². The van der Waals surface area contributed by atoms with Gasteiger partial charge >= 0.3 is 11.9 Å². The van der Waals surface area contributed by atoms with Crippen LogP contribution in [0.4, 0.5) is 0 Å². The summed E-state index contributed by atoms with van der Waals surface area (Å²) in [7, 11) is 0. The lowest BCUT2D eigenvalue weighted by molar-refractivity contribution is -0.142. The summed E-state index contributed by atoms with van der Waals surface area (Å²) < 4.78 is 10.9. The molecule has 0 fully saturated rings. The van der Waals surface area contributed by atoms with E-state index in [1.54, 1.807) is 6.92 Å². The molecular weight excluding hydrogens is 376 g/mol. The van der Waals surface area contributed by atoms with Crippen LogP contribution in [-0.2, 0) is 19.1 Å². The Labute approximate surface area is 186 Å². The summed E-state index contributed by atoms with van der Waals surface area (Å²) in [5.74, 6) is -0.758. The molecule has 176 valence electrons. The van der Waals surface area contributed by atoms with Crippen LogP contribution in [-0.4, -0.2) is 25.2 Å². The fraction of sp³-hybridized carbons (Fsp3) is 0.846. The SMILES string of the molecule is CCCCCCCCOC(=O)/C(C)=C(/CC(C)(C)C)C(=O)OCCCCCCCC. The average Bonchev–Trinajstić information content (AvgIpc) is 2.69. The van der Waals surface area contributed by atoms with Gasteiger partial charge in [-0.15, -0.1) is 0 Å². The molecule has 0 bridgehead atoms. The van der Waals surface area contributed by atoms with E-state index in [2.05, 4.69) is 34.6 Å². The van der Waals surface area contributed by atoms with Crippen molar-refractivity contribution >= 4 is 11.9 Å². The van der Waals surface area contributed by atoms with Crippen molar-refractivity contribution in [3.63, 3.8) is 0 Å². The molecule has 0 amide bonds. The molecule has 0 aromatic rings. The van der Waals surface area contributed by atoms with Gasteiger partial charge in [-0.1, -0.05) is 98.8 Å². The van der Waals surface area contributed by atoms with Crippen LogP contribution >= 0.6 is 0 Å². The summed E-state index contributed by atoms with van der Waals surface area (Å²) in [4.78, 5) is 25.2. The maximum Gasteiger partial charge on any atom is 0.334 e. The molecule has 30 heavy (non-hydrogen) atoms. The van der Waals surface area contributed by atoms with Crippen LogP contribution < -0.4 is 0 Å². The van der Waals surface area contributed by atoms with E-state index in [0.29, 0.717) is 30.8 Å². The molecule has 0 atom stereocenters. The van der Waals surface area contributed by atoms with E-state index in [9.17, 15) is 9.59 Å². The third-order valence-electron chi connectivity index (χ3n) is 5.17. The second kappa shape index (κ2) is 17.4. The Morgan fingerprint density at radius 3 is 1.47 bits per heavy atom. The maximum absolute atomic E-state index is 12.7. The second-order valence-electron chi connectivity index (χ2n) is 9.65. The van der Waals surface area contributed by atoms with Crippen molar-refractivity contribution in [1.29, 1.82) is 0 Å². The molecule has 0 aliphatic carbocycles. The van der Waals surface area contributed by atoms with Gasteiger partial charge in [-0.05, 0) is 31.6 Å². The highest BCUT2D eigenvalue weighted by molar-refractivity contribution is 6.00. The third-order valence-corrected chi connectivity index (χ3v) is 5.17. The first-order valence-electron chi connectivity index (χ1n) is 12.3. The molecule has 0 N–H and O–H groups in total.